The molecule has 9 heteroatoms. The number of hydrogen-bond acceptors (Lipinski definition) is 7. The van der Waals surface area contributed by atoms with E-state index in [0.717, 1.165) is 35.1 Å². The molecule has 4 heterocycles. The average Bonchev–Trinajstić information content (AvgIpc) is 3.56. The number of nitrogens with two attached hydrogens (primary N) is 1. The molecule has 0 amide bonds. The highest BCUT2D eigenvalue weighted by Gasteiger charge is 2.24. The molecular formula is C27H26FN7O. The van der Waals surface area contributed by atoms with Crippen LogP contribution in [0.1, 0.15) is 42.7 Å². The fourth-order valence-electron chi connectivity index (χ4n) is 5.08. The Balaban J connectivity index is 1.31. The molecular weight excluding hydrogens is 457 g/mol. The first-order valence-corrected chi connectivity index (χ1v) is 12.1. The van der Waals surface area contributed by atoms with Gasteiger partial charge in [0, 0.05) is 36.5 Å². The number of rotatable bonds is 6. The Labute approximate surface area is 207 Å². The molecule has 182 valence electrons. The fraction of sp³-hybridized carbons (Fsp3) is 0.259. The minimum Gasteiger partial charge on any atom is -0.486 e. The lowest BCUT2D eigenvalue weighted by atomic mass is 9.98. The van der Waals surface area contributed by atoms with Gasteiger partial charge in [0.15, 0.2) is 11.6 Å². The van der Waals surface area contributed by atoms with Crippen molar-refractivity contribution in [2.24, 2.45) is 0 Å². The Morgan fingerprint density at radius 1 is 1.14 bits per heavy atom. The zero-order chi connectivity index (χ0) is 24.6. The molecule has 0 atom stereocenters. The molecule has 1 aliphatic carbocycles. The third kappa shape index (κ3) is 3.96. The van der Waals surface area contributed by atoms with E-state index in [9.17, 15) is 4.39 Å². The van der Waals surface area contributed by atoms with Gasteiger partial charge < -0.3 is 15.8 Å². The van der Waals surface area contributed by atoms with Crippen LogP contribution in [0.4, 0.5) is 16.0 Å². The lowest BCUT2D eigenvalue weighted by molar-refractivity contribution is 0.290. The maximum absolute atomic E-state index is 14.7. The van der Waals surface area contributed by atoms with E-state index in [-0.39, 0.29) is 12.4 Å². The number of halogens is 1. The largest absolute Gasteiger partial charge is 0.486 e. The molecule has 8 nitrogen and oxygen atoms in total. The normalized spacial score (nSPS) is 14.1. The number of fused-ring (bicyclic) bond motifs is 2. The van der Waals surface area contributed by atoms with Crippen LogP contribution in [0.3, 0.4) is 0 Å². The predicted octanol–water partition coefficient (Wildman–Crippen LogP) is 5.36. The second-order valence-electron chi connectivity index (χ2n) is 9.16. The summed E-state index contributed by atoms with van der Waals surface area (Å²) in [6, 6.07) is 8.66. The summed E-state index contributed by atoms with van der Waals surface area (Å²) in [7, 11) is 1.79. The number of nitrogens with one attached hydrogen (secondary N) is 1. The summed E-state index contributed by atoms with van der Waals surface area (Å²) in [5.74, 6) is 1.36. The lowest BCUT2D eigenvalue weighted by Crippen LogP contribution is -2.02. The van der Waals surface area contributed by atoms with Crippen molar-refractivity contribution in [2.45, 2.75) is 38.2 Å². The molecule has 0 bridgehead atoms. The summed E-state index contributed by atoms with van der Waals surface area (Å²) in [5.41, 5.74) is 10.5. The van der Waals surface area contributed by atoms with E-state index in [0.29, 0.717) is 28.5 Å². The van der Waals surface area contributed by atoms with Crippen LogP contribution >= 0.6 is 0 Å². The SMILES string of the molecule is CNc1ccc2cc(F)c(OCc3cncc(-n4cc(C5CCCC5)c5c(N)ncnc54)c3)cc2n1. The minimum atomic E-state index is -0.435. The molecule has 0 spiro atoms. The molecule has 5 aromatic rings. The second-order valence-corrected chi connectivity index (χ2v) is 9.16. The van der Waals surface area contributed by atoms with Gasteiger partial charge in [0.25, 0.3) is 0 Å². The van der Waals surface area contributed by atoms with Gasteiger partial charge >= 0.3 is 0 Å². The number of hydrogen-bond donors (Lipinski definition) is 2. The van der Waals surface area contributed by atoms with Crippen molar-refractivity contribution in [1.82, 2.24) is 24.5 Å². The first-order chi connectivity index (χ1) is 17.6. The predicted molar refractivity (Wildman–Crippen MR) is 138 cm³/mol. The topological polar surface area (TPSA) is 104 Å². The smallest absolute Gasteiger partial charge is 0.165 e. The van der Waals surface area contributed by atoms with E-state index in [2.05, 4.69) is 31.4 Å². The zero-order valence-electron chi connectivity index (χ0n) is 19.9. The van der Waals surface area contributed by atoms with Gasteiger partial charge in [0.2, 0.25) is 0 Å². The lowest BCUT2D eigenvalue weighted by Gasteiger charge is -2.11. The van der Waals surface area contributed by atoms with Crippen LogP contribution in [-0.4, -0.2) is 31.6 Å². The molecule has 36 heavy (non-hydrogen) atoms. The molecule has 1 saturated carbocycles. The molecule has 1 fully saturated rings. The van der Waals surface area contributed by atoms with Crippen molar-refractivity contribution >= 4 is 33.6 Å². The Bertz CT molecular complexity index is 1580. The summed E-state index contributed by atoms with van der Waals surface area (Å²) < 4.78 is 22.6. The third-order valence-electron chi connectivity index (χ3n) is 6.89. The minimum absolute atomic E-state index is 0.143. The van der Waals surface area contributed by atoms with Crippen LogP contribution in [0.25, 0.3) is 27.6 Å². The standard InChI is InChI=1S/C27H26FN7O/c1-30-24-7-6-18-9-21(28)23(10-22(18)34-24)36-14-16-8-19(12-31-11-16)35-13-20(17-4-2-3-5-17)25-26(29)32-15-33-27(25)35/h6-13,15,17H,2-5,14H2,1H3,(H,30,34)(H2,29,32,33). The van der Waals surface area contributed by atoms with Crippen molar-refractivity contribution in [3.8, 4) is 11.4 Å². The van der Waals surface area contributed by atoms with Crippen LogP contribution < -0.4 is 15.8 Å². The highest BCUT2D eigenvalue weighted by atomic mass is 19.1. The van der Waals surface area contributed by atoms with Crippen LogP contribution in [0.15, 0.2) is 55.2 Å². The molecule has 0 radical (unpaired) electrons. The van der Waals surface area contributed by atoms with Gasteiger partial charge in [-0.15, -0.1) is 0 Å². The Hall–Kier alpha value is -4.27. The number of anilines is 2. The first kappa shape index (κ1) is 22.2. The number of nitrogen functional groups attached to an aromatic ring is 1. The van der Waals surface area contributed by atoms with Crippen molar-refractivity contribution in [2.75, 3.05) is 18.1 Å². The average molecular weight is 484 g/mol. The molecule has 1 aromatic carbocycles. The van der Waals surface area contributed by atoms with Gasteiger partial charge in [-0.25, -0.2) is 19.3 Å². The van der Waals surface area contributed by atoms with Crippen molar-refractivity contribution in [3.05, 3.63) is 72.2 Å². The number of pyridine rings is 2. The number of ether oxygens (including phenoxy) is 1. The van der Waals surface area contributed by atoms with Gasteiger partial charge in [-0.05, 0) is 48.6 Å². The van der Waals surface area contributed by atoms with Crippen LogP contribution in [-0.2, 0) is 6.61 Å². The summed E-state index contributed by atoms with van der Waals surface area (Å²) in [4.78, 5) is 17.7. The molecule has 3 N–H and O–H groups in total. The number of nitrogens with zero attached hydrogens (tertiary/aromatic N) is 5. The summed E-state index contributed by atoms with van der Waals surface area (Å²) >= 11 is 0. The van der Waals surface area contributed by atoms with Gasteiger partial charge in [-0.2, -0.15) is 0 Å². The van der Waals surface area contributed by atoms with E-state index in [1.54, 1.807) is 31.6 Å². The molecule has 1 aliphatic rings. The van der Waals surface area contributed by atoms with Crippen molar-refractivity contribution < 1.29 is 9.13 Å². The summed E-state index contributed by atoms with van der Waals surface area (Å²) in [5, 5.41) is 4.62. The fourth-order valence-corrected chi connectivity index (χ4v) is 5.08. The monoisotopic (exact) mass is 483 g/mol. The maximum Gasteiger partial charge on any atom is 0.165 e. The van der Waals surface area contributed by atoms with Crippen molar-refractivity contribution in [1.29, 1.82) is 0 Å². The molecule has 4 aromatic heterocycles. The zero-order valence-corrected chi connectivity index (χ0v) is 19.9. The summed E-state index contributed by atoms with van der Waals surface area (Å²) in [6.07, 6.45) is 11.8. The molecule has 0 unspecified atom stereocenters. The van der Waals surface area contributed by atoms with E-state index < -0.39 is 5.82 Å². The van der Waals surface area contributed by atoms with Crippen molar-refractivity contribution in [3.63, 3.8) is 0 Å². The Morgan fingerprint density at radius 3 is 2.83 bits per heavy atom. The first-order valence-electron chi connectivity index (χ1n) is 12.1. The number of benzene rings is 1. The van der Waals surface area contributed by atoms with Crippen LogP contribution in [0, 0.1) is 5.82 Å². The van der Waals surface area contributed by atoms with E-state index >= 15 is 0 Å². The van der Waals surface area contributed by atoms with Gasteiger partial charge in [-0.3, -0.25) is 9.55 Å². The quantitative estimate of drug-likeness (QED) is 0.335. The Kier molecular flexibility index (Phi) is 5.59. The Morgan fingerprint density at radius 2 is 2.00 bits per heavy atom. The highest BCUT2D eigenvalue weighted by Crippen LogP contribution is 2.40. The molecule has 0 aliphatic heterocycles. The van der Waals surface area contributed by atoms with E-state index in [1.165, 1.54) is 30.8 Å². The third-order valence-corrected chi connectivity index (χ3v) is 6.89. The van der Waals surface area contributed by atoms with E-state index in [1.807, 2.05) is 16.7 Å². The summed E-state index contributed by atoms with van der Waals surface area (Å²) in [6.45, 7) is 0.154. The highest BCUT2D eigenvalue weighted by molar-refractivity contribution is 5.91. The van der Waals surface area contributed by atoms with Gasteiger partial charge in [0.1, 0.15) is 30.2 Å². The van der Waals surface area contributed by atoms with Gasteiger partial charge in [0.05, 0.1) is 22.8 Å². The molecule has 0 saturated heterocycles. The molecule has 6 rings (SSSR count). The van der Waals surface area contributed by atoms with E-state index in [4.69, 9.17) is 10.5 Å². The number of aromatic nitrogens is 5. The second kappa shape index (κ2) is 9.07. The maximum atomic E-state index is 14.7. The van der Waals surface area contributed by atoms with Crippen LogP contribution in [0.2, 0.25) is 0 Å². The van der Waals surface area contributed by atoms with Gasteiger partial charge in [-0.1, -0.05) is 12.8 Å². The van der Waals surface area contributed by atoms with Crippen LogP contribution in [0.5, 0.6) is 5.75 Å².